The monoisotopic (exact) mass is 494 g/mol. The topological polar surface area (TPSA) is 99.2 Å². The van der Waals surface area contributed by atoms with Gasteiger partial charge in [0.05, 0.1) is 11.3 Å². The van der Waals surface area contributed by atoms with Crippen LogP contribution in [0.2, 0.25) is 0 Å². The summed E-state index contributed by atoms with van der Waals surface area (Å²) in [5, 5.41) is 9.04. The first-order valence-corrected chi connectivity index (χ1v) is 11.4. The summed E-state index contributed by atoms with van der Waals surface area (Å²) in [4.78, 5) is 34.7. The minimum Gasteiger partial charge on any atom is -0.487 e. The Morgan fingerprint density at radius 3 is 2.31 bits per heavy atom. The number of benzene rings is 1. The summed E-state index contributed by atoms with van der Waals surface area (Å²) in [6, 6.07) is 4.31. The average molecular weight is 495 g/mol. The number of rotatable bonds is 10. The van der Waals surface area contributed by atoms with Gasteiger partial charge in [-0.2, -0.15) is 13.2 Å². The molecule has 0 spiro atoms. The fourth-order valence-electron chi connectivity index (χ4n) is 3.66. The number of fused-ring (bicyclic) bond motifs is 1. The molecule has 0 saturated heterocycles. The Morgan fingerprint density at radius 2 is 1.71 bits per heavy atom. The summed E-state index contributed by atoms with van der Waals surface area (Å²) in [7, 11) is 1.39. The zero-order chi connectivity index (χ0) is 25.8. The quantitative estimate of drug-likeness (QED) is 0.434. The average Bonchev–Trinajstić information content (AvgIpc) is 2.81. The van der Waals surface area contributed by atoms with E-state index in [4.69, 9.17) is 9.84 Å². The Bertz CT molecular complexity index is 1280. The summed E-state index contributed by atoms with van der Waals surface area (Å²) in [5.41, 5.74) is -0.713. The van der Waals surface area contributed by atoms with Crippen LogP contribution in [0.15, 0.2) is 33.9 Å². The number of halogens is 3. The van der Waals surface area contributed by atoms with Crippen molar-refractivity contribution >= 4 is 11.2 Å². The molecule has 35 heavy (non-hydrogen) atoms. The highest BCUT2D eigenvalue weighted by Crippen LogP contribution is 2.30. The van der Waals surface area contributed by atoms with Gasteiger partial charge in [-0.05, 0) is 49.4 Å². The van der Waals surface area contributed by atoms with Crippen molar-refractivity contribution in [2.45, 2.75) is 58.9 Å². The van der Waals surface area contributed by atoms with E-state index in [1.807, 2.05) is 13.8 Å². The van der Waals surface area contributed by atoms with E-state index in [0.717, 1.165) is 23.1 Å². The molecule has 11 heteroatoms. The van der Waals surface area contributed by atoms with Gasteiger partial charge in [0.2, 0.25) is 0 Å². The summed E-state index contributed by atoms with van der Waals surface area (Å²) >= 11 is 0. The van der Waals surface area contributed by atoms with Gasteiger partial charge in [-0.25, -0.2) is 14.8 Å². The number of aromatic nitrogens is 4. The number of aliphatic hydroxyl groups excluding tert-OH is 1. The molecule has 3 aromatic rings. The minimum absolute atomic E-state index is 0.0648. The van der Waals surface area contributed by atoms with Crippen LogP contribution >= 0.6 is 0 Å². The van der Waals surface area contributed by atoms with Gasteiger partial charge in [-0.3, -0.25) is 13.9 Å². The highest BCUT2D eigenvalue weighted by Gasteiger charge is 2.30. The molecule has 0 radical (unpaired) electrons. The zero-order valence-electron chi connectivity index (χ0n) is 19.9. The Hall–Kier alpha value is -3.21. The maximum atomic E-state index is 12.8. The van der Waals surface area contributed by atoms with Gasteiger partial charge in [0, 0.05) is 20.2 Å². The Morgan fingerprint density at radius 1 is 1.03 bits per heavy atom. The van der Waals surface area contributed by atoms with Crippen LogP contribution in [0.3, 0.4) is 0 Å². The standard InChI is InChI=1S/C24H29F3N4O4/c1-15(2)13-31-21-20(22(33)30(3)23(31)34)28-18(7-5-4-6-12-32)19(29-21)14-35-17-10-8-16(9-11-17)24(25,26)27/h8-11,15,32H,4-7,12-14H2,1-3H3. The molecular weight excluding hydrogens is 465 g/mol. The van der Waals surface area contributed by atoms with Crippen molar-refractivity contribution in [1.82, 2.24) is 19.1 Å². The molecule has 0 bridgehead atoms. The van der Waals surface area contributed by atoms with Crippen molar-refractivity contribution in [2.75, 3.05) is 6.61 Å². The van der Waals surface area contributed by atoms with Crippen LogP contribution in [0.1, 0.15) is 50.1 Å². The molecule has 0 fully saturated rings. The number of ether oxygens (including phenoxy) is 1. The first-order valence-electron chi connectivity index (χ1n) is 11.4. The van der Waals surface area contributed by atoms with Gasteiger partial charge in [0.1, 0.15) is 18.1 Å². The molecule has 2 aromatic heterocycles. The van der Waals surface area contributed by atoms with E-state index in [9.17, 15) is 22.8 Å². The SMILES string of the molecule is CC(C)Cn1c(=O)n(C)c(=O)c2nc(CCCCCO)c(COc3ccc(C(F)(F)F)cc3)nc21. The summed E-state index contributed by atoms with van der Waals surface area (Å²) < 4.78 is 46.6. The Labute approximate surface area is 200 Å². The number of nitrogens with zero attached hydrogens (tertiary/aromatic N) is 4. The fraction of sp³-hybridized carbons (Fsp3) is 0.500. The molecule has 0 atom stereocenters. The molecule has 0 aliphatic heterocycles. The van der Waals surface area contributed by atoms with Crippen molar-refractivity contribution in [1.29, 1.82) is 0 Å². The molecule has 190 valence electrons. The smallest absolute Gasteiger partial charge is 0.416 e. The van der Waals surface area contributed by atoms with Gasteiger partial charge in [-0.1, -0.05) is 20.3 Å². The highest BCUT2D eigenvalue weighted by molar-refractivity contribution is 5.69. The lowest BCUT2D eigenvalue weighted by Crippen LogP contribution is -2.40. The fourth-order valence-corrected chi connectivity index (χ4v) is 3.66. The molecule has 3 rings (SSSR count). The van der Waals surface area contributed by atoms with Gasteiger partial charge < -0.3 is 9.84 Å². The molecule has 0 aliphatic carbocycles. The summed E-state index contributed by atoms with van der Waals surface area (Å²) in [6.45, 7) is 4.15. The lowest BCUT2D eigenvalue weighted by atomic mass is 10.1. The zero-order valence-corrected chi connectivity index (χ0v) is 19.9. The van der Waals surface area contributed by atoms with Crippen molar-refractivity contribution in [3.8, 4) is 5.75 Å². The first kappa shape index (κ1) is 26.4. The van der Waals surface area contributed by atoms with Crippen LogP contribution in [0.5, 0.6) is 5.75 Å². The Kier molecular flexibility index (Phi) is 8.31. The number of hydrogen-bond acceptors (Lipinski definition) is 6. The van der Waals surface area contributed by atoms with E-state index in [0.29, 0.717) is 37.2 Å². The van der Waals surface area contributed by atoms with Crippen LogP contribution in [-0.4, -0.2) is 30.8 Å². The number of aryl methyl sites for hydroxylation is 1. The molecule has 0 aliphatic rings. The molecule has 8 nitrogen and oxygen atoms in total. The van der Waals surface area contributed by atoms with Crippen molar-refractivity contribution in [2.24, 2.45) is 13.0 Å². The predicted octanol–water partition coefficient (Wildman–Crippen LogP) is 3.45. The second-order valence-corrected chi connectivity index (χ2v) is 8.79. The van der Waals surface area contributed by atoms with E-state index in [1.165, 1.54) is 23.7 Å². The molecule has 1 N–H and O–H groups in total. The van der Waals surface area contributed by atoms with E-state index in [-0.39, 0.29) is 36.0 Å². The number of hydrogen-bond donors (Lipinski definition) is 1. The third kappa shape index (κ3) is 6.27. The highest BCUT2D eigenvalue weighted by atomic mass is 19.4. The van der Waals surface area contributed by atoms with Crippen LogP contribution in [0.25, 0.3) is 11.2 Å². The molecule has 0 amide bonds. The van der Waals surface area contributed by atoms with Crippen LogP contribution in [0, 0.1) is 5.92 Å². The second kappa shape index (κ2) is 11.0. The van der Waals surface area contributed by atoms with Crippen LogP contribution in [0.4, 0.5) is 13.2 Å². The molecule has 0 saturated carbocycles. The lowest BCUT2D eigenvalue weighted by molar-refractivity contribution is -0.137. The van der Waals surface area contributed by atoms with Crippen molar-refractivity contribution < 1.29 is 23.0 Å². The molecule has 1 aromatic carbocycles. The van der Waals surface area contributed by atoms with E-state index in [1.54, 1.807) is 0 Å². The second-order valence-electron chi connectivity index (χ2n) is 8.79. The first-order chi connectivity index (χ1) is 16.5. The number of aliphatic hydroxyl groups is 1. The van der Waals surface area contributed by atoms with E-state index < -0.39 is 23.0 Å². The number of unbranched alkanes of at least 4 members (excludes halogenated alkanes) is 2. The maximum Gasteiger partial charge on any atom is 0.416 e. The van der Waals surface area contributed by atoms with Gasteiger partial charge in [0.15, 0.2) is 11.2 Å². The van der Waals surface area contributed by atoms with Crippen LogP contribution < -0.4 is 16.0 Å². The van der Waals surface area contributed by atoms with Gasteiger partial charge in [0.25, 0.3) is 5.56 Å². The van der Waals surface area contributed by atoms with Gasteiger partial charge in [-0.15, -0.1) is 0 Å². The Balaban J connectivity index is 2.03. The van der Waals surface area contributed by atoms with E-state index >= 15 is 0 Å². The van der Waals surface area contributed by atoms with Crippen molar-refractivity contribution in [3.05, 3.63) is 62.1 Å². The molecule has 2 heterocycles. The summed E-state index contributed by atoms with van der Waals surface area (Å²) in [6.07, 6.45) is -1.95. The predicted molar refractivity (Wildman–Crippen MR) is 124 cm³/mol. The largest absolute Gasteiger partial charge is 0.487 e. The summed E-state index contributed by atoms with van der Waals surface area (Å²) in [5.74, 6) is 0.315. The molecular formula is C24H29F3N4O4. The molecule has 0 unspecified atom stereocenters. The maximum absolute atomic E-state index is 12.8. The van der Waals surface area contributed by atoms with Gasteiger partial charge >= 0.3 is 11.9 Å². The normalized spacial score (nSPS) is 12.0. The number of alkyl halides is 3. The van der Waals surface area contributed by atoms with Crippen molar-refractivity contribution in [3.63, 3.8) is 0 Å². The minimum atomic E-state index is -4.45. The third-order valence-corrected chi connectivity index (χ3v) is 5.49. The lowest BCUT2D eigenvalue weighted by Gasteiger charge is -2.16. The third-order valence-electron chi connectivity index (χ3n) is 5.49. The van der Waals surface area contributed by atoms with E-state index in [2.05, 4.69) is 9.97 Å². The van der Waals surface area contributed by atoms with Crippen LogP contribution in [-0.2, 0) is 32.8 Å².